The molecule has 1 aromatic carbocycles. The van der Waals surface area contributed by atoms with Crippen molar-refractivity contribution in [3.8, 4) is 0 Å². The van der Waals surface area contributed by atoms with E-state index in [1.807, 2.05) is 26.0 Å². The van der Waals surface area contributed by atoms with Crippen LogP contribution in [0.1, 0.15) is 19.4 Å². The van der Waals surface area contributed by atoms with E-state index >= 15 is 0 Å². The van der Waals surface area contributed by atoms with Crippen LogP contribution in [0.15, 0.2) is 29.2 Å². The molecular formula is C12H18N2OS. The lowest BCUT2D eigenvalue weighted by Gasteiger charge is -2.21. The first kappa shape index (κ1) is 13.1. The van der Waals surface area contributed by atoms with Gasteiger partial charge in [0.25, 0.3) is 0 Å². The Labute approximate surface area is 101 Å². The minimum Gasteiger partial charge on any atom is -0.294 e. The van der Waals surface area contributed by atoms with Gasteiger partial charge in [0.1, 0.15) is 0 Å². The van der Waals surface area contributed by atoms with E-state index in [4.69, 9.17) is 5.84 Å². The first-order valence-electron chi connectivity index (χ1n) is 5.17. The molecule has 1 rings (SSSR count). The Morgan fingerprint density at radius 1 is 1.44 bits per heavy atom. The minimum absolute atomic E-state index is 0.131. The second kappa shape index (κ2) is 5.37. The van der Waals surface area contributed by atoms with Gasteiger partial charge in [-0.15, -0.1) is 11.8 Å². The fourth-order valence-electron chi connectivity index (χ4n) is 1.24. The Morgan fingerprint density at radius 3 is 2.62 bits per heavy atom. The second-order valence-corrected chi connectivity index (χ2v) is 5.43. The predicted octanol–water partition coefficient (Wildman–Crippen LogP) is 2.10. The average molecular weight is 238 g/mol. The third-order valence-electron chi connectivity index (χ3n) is 2.43. The first-order chi connectivity index (χ1) is 7.47. The molecule has 1 amide bonds. The van der Waals surface area contributed by atoms with Gasteiger partial charge in [0.05, 0.1) is 5.41 Å². The molecule has 0 unspecified atom stereocenters. The molecule has 0 aliphatic carbocycles. The van der Waals surface area contributed by atoms with Crippen molar-refractivity contribution < 1.29 is 4.79 Å². The molecule has 4 heteroatoms. The first-order valence-corrected chi connectivity index (χ1v) is 6.15. The molecule has 0 aliphatic heterocycles. The highest BCUT2D eigenvalue weighted by atomic mass is 32.2. The molecule has 0 saturated heterocycles. The summed E-state index contributed by atoms with van der Waals surface area (Å²) < 4.78 is 0. The summed E-state index contributed by atoms with van der Waals surface area (Å²) in [6, 6.07) is 8.15. The van der Waals surface area contributed by atoms with Crippen LogP contribution in [0.2, 0.25) is 0 Å². The number of aryl methyl sites for hydroxylation is 1. The number of rotatable bonds is 4. The fraction of sp³-hybridized carbons (Fsp3) is 0.417. The fourth-order valence-corrected chi connectivity index (χ4v) is 2.36. The number of nitrogens with two attached hydrogens (primary N) is 1. The maximum Gasteiger partial charge on any atom is 0.240 e. The van der Waals surface area contributed by atoms with Gasteiger partial charge >= 0.3 is 0 Å². The third-order valence-corrected chi connectivity index (χ3v) is 4.06. The Morgan fingerprint density at radius 2 is 2.06 bits per heavy atom. The van der Waals surface area contributed by atoms with Gasteiger partial charge in [-0.25, -0.2) is 5.84 Å². The molecule has 1 aromatic rings. The highest BCUT2D eigenvalue weighted by molar-refractivity contribution is 7.99. The highest BCUT2D eigenvalue weighted by Crippen LogP contribution is 2.29. The summed E-state index contributed by atoms with van der Waals surface area (Å²) in [6.07, 6.45) is 0. The Balaban J connectivity index is 2.65. The van der Waals surface area contributed by atoms with E-state index in [1.165, 1.54) is 10.5 Å². The monoisotopic (exact) mass is 238 g/mol. The van der Waals surface area contributed by atoms with Gasteiger partial charge in [0.15, 0.2) is 0 Å². The van der Waals surface area contributed by atoms with Gasteiger partial charge in [-0.05, 0) is 18.6 Å². The minimum atomic E-state index is -0.457. The van der Waals surface area contributed by atoms with E-state index in [0.717, 1.165) is 0 Å². The number of hydrogen-bond acceptors (Lipinski definition) is 3. The van der Waals surface area contributed by atoms with E-state index in [0.29, 0.717) is 5.75 Å². The zero-order valence-electron chi connectivity index (χ0n) is 9.91. The quantitative estimate of drug-likeness (QED) is 0.365. The van der Waals surface area contributed by atoms with Crippen LogP contribution in [0.5, 0.6) is 0 Å². The van der Waals surface area contributed by atoms with Gasteiger partial charge in [-0.2, -0.15) is 0 Å². The van der Waals surface area contributed by atoms with Crippen LogP contribution in [-0.2, 0) is 4.79 Å². The largest absolute Gasteiger partial charge is 0.294 e. The smallest absolute Gasteiger partial charge is 0.240 e. The van der Waals surface area contributed by atoms with Gasteiger partial charge in [0.2, 0.25) is 5.91 Å². The summed E-state index contributed by atoms with van der Waals surface area (Å²) in [5.74, 6) is 5.73. The molecule has 0 atom stereocenters. The summed E-state index contributed by atoms with van der Waals surface area (Å²) in [5.41, 5.74) is 2.98. The number of hydrazine groups is 1. The molecule has 0 saturated carbocycles. The predicted molar refractivity (Wildman–Crippen MR) is 68.0 cm³/mol. The zero-order valence-corrected chi connectivity index (χ0v) is 10.7. The van der Waals surface area contributed by atoms with Crippen molar-refractivity contribution in [2.75, 3.05) is 5.75 Å². The molecule has 16 heavy (non-hydrogen) atoms. The van der Waals surface area contributed by atoms with Crippen LogP contribution < -0.4 is 11.3 Å². The van der Waals surface area contributed by atoms with E-state index < -0.39 is 5.41 Å². The maximum absolute atomic E-state index is 11.5. The molecule has 88 valence electrons. The van der Waals surface area contributed by atoms with Crippen molar-refractivity contribution in [2.24, 2.45) is 11.3 Å². The molecule has 3 nitrogen and oxygen atoms in total. The van der Waals surface area contributed by atoms with Gasteiger partial charge in [-0.3, -0.25) is 10.2 Å². The van der Waals surface area contributed by atoms with E-state index in [9.17, 15) is 4.79 Å². The third kappa shape index (κ3) is 3.25. The summed E-state index contributed by atoms with van der Waals surface area (Å²) in [5, 5.41) is 0. The number of hydrogen-bond donors (Lipinski definition) is 2. The average Bonchev–Trinajstić information content (AvgIpc) is 2.27. The summed E-state index contributed by atoms with van der Waals surface area (Å²) in [6.45, 7) is 5.85. The van der Waals surface area contributed by atoms with Crippen molar-refractivity contribution in [3.05, 3.63) is 29.8 Å². The van der Waals surface area contributed by atoms with E-state index in [2.05, 4.69) is 24.5 Å². The van der Waals surface area contributed by atoms with Crippen molar-refractivity contribution in [1.82, 2.24) is 5.43 Å². The van der Waals surface area contributed by atoms with Gasteiger partial charge in [0, 0.05) is 10.6 Å². The lowest BCUT2D eigenvalue weighted by molar-refractivity contribution is -0.128. The zero-order chi connectivity index (χ0) is 12.2. The number of benzene rings is 1. The van der Waals surface area contributed by atoms with Crippen LogP contribution >= 0.6 is 11.8 Å². The van der Waals surface area contributed by atoms with Crippen LogP contribution in [0.3, 0.4) is 0 Å². The second-order valence-electron chi connectivity index (χ2n) is 4.41. The molecule has 3 N–H and O–H groups in total. The van der Waals surface area contributed by atoms with E-state index in [-0.39, 0.29) is 5.91 Å². The molecule has 0 heterocycles. The van der Waals surface area contributed by atoms with Crippen molar-refractivity contribution >= 4 is 17.7 Å². The van der Waals surface area contributed by atoms with Crippen LogP contribution in [0, 0.1) is 12.3 Å². The summed E-state index contributed by atoms with van der Waals surface area (Å²) in [4.78, 5) is 12.7. The Kier molecular flexibility index (Phi) is 4.38. The number of carbonyl (C=O) groups is 1. The Hall–Kier alpha value is -1.00. The Bertz CT molecular complexity index is 377. The van der Waals surface area contributed by atoms with E-state index in [1.54, 1.807) is 11.8 Å². The number of nitrogens with one attached hydrogen (secondary N) is 1. The van der Waals surface area contributed by atoms with Crippen LogP contribution in [0.25, 0.3) is 0 Å². The topological polar surface area (TPSA) is 55.1 Å². The molecule has 0 aromatic heterocycles. The molecule has 0 fully saturated rings. The molecule has 0 bridgehead atoms. The van der Waals surface area contributed by atoms with Crippen molar-refractivity contribution in [3.63, 3.8) is 0 Å². The summed E-state index contributed by atoms with van der Waals surface area (Å²) >= 11 is 1.68. The molecule has 0 aliphatic rings. The van der Waals surface area contributed by atoms with Gasteiger partial charge < -0.3 is 0 Å². The lowest BCUT2D eigenvalue weighted by atomic mass is 9.96. The standard InChI is InChI=1S/C12H18N2OS/c1-9-6-4-5-7-10(9)16-8-12(2,3)11(15)14-13/h4-7H,8,13H2,1-3H3,(H,14,15). The lowest BCUT2D eigenvalue weighted by Crippen LogP contribution is -2.42. The summed E-state index contributed by atoms with van der Waals surface area (Å²) in [7, 11) is 0. The molecule has 0 radical (unpaired) electrons. The van der Waals surface area contributed by atoms with Gasteiger partial charge in [-0.1, -0.05) is 32.0 Å². The maximum atomic E-state index is 11.5. The molecule has 0 spiro atoms. The van der Waals surface area contributed by atoms with Crippen molar-refractivity contribution in [2.45, 2.75) is 25.7 Å². The van der Waals surface area contributed by atoms with Crippen LogP contribution in [-0.4, -0.2) is 11.7 Å². The highest BCUT2D eigenvalue weighted by Gasteiger charge is 2.27. The normalized spacial score (nSPS) is 11.2. The number of thioether (sulfide) groups is 1. The van der Waals surface area contributed by atoms with Crippen LogP contribution in [0.4, 0.5) is 0 Å². The van der Waals surface area contributed by atoms with Crippen molar-refractivity contribution in [1.29, 1.82) is 0 Å². The SMILES string of the molecule is Cc1ccccc1SCC(C)(C)C(=O)NN. The molecular weight excluding hydrogens is 220 g/mol. The number of amides is 1. The number of carbonyl (C=O) groups excluding carboxylic acids is 1.